The van der Waals surface area contributed by atoms with E-state index < -0.39 is 35.8 Å². The second-order valence-corrected chi connectivity index (χ2v) is 6.84. The van der Waals surface area contributed by atoms with Gasteiger partial charge in [-0.15, -0.1) is 0 Å². The molecule has 0 spiro atoms. The van der Waals surface area contributed by atoms with Crippen molar-refractivity contribution < 1.29 is 22.7 Å². The van der Waals surface area contributed by atoms with Crippen molar-refractivity contribution >= 4 is 5.78 Å². The Bertz CT molecular complexity index is 1000. The second kappa shape index (κ2) is 7.23. The van der Waals surface area contributed by atoms with E-state index in [0.29, 0.717) is 10.3 Å². The zero-order valence-corrected chi connectivity index (χ0v) is 15.0. The standard InChI is InChI=1S/C20H16F3N4O2/c21-20(22,23)15-5-3-4-14(9-15)18-19(28)16-6-1-2-7-26(16)17(27(18)29)8-13-10-24-12-25-11-13/h1-7,9-12,16-18H,8H2/q+1. The summed E-state index contributed by atoms with van der Waals surface area (Å²) in [6.45, 7) is 0. The summed E-state index contributed by atoms with van der Waals surface area (Å²) in [5.74, 6) is -0.472. The number of fused-ring (bicyclic) bond motifs is 1. The number of allylic oxidation sites excluding steroid dienone is 2. The van der Waals surface area contributed by atoms with Crippen molar-refractivity contribution in [2.24, 2.45) is 0 Å². The maximum Gasteiger partial charge on any atom is 0.416 e. The minimum atomic E-state index is -4.57. The SMILES string of the molecule is O=C1C2C=CC=CN2C(Cc2cncnc2)[N+](=O)C1c1cccc(C(F)(F)F)c1. The van der Waals surface area contributed by atoms with E-state index >= 15 is 0 Å². The van der Waals surface area contributed by atoms with Crippen LogP contribution in [0.2, 0.25) is 0 Å². The van der Waals surface area contributed by atoms with Gasteiger partial charge in [0.2, 0.25) is 5.78 Å². The molecule has 1 aromatic heterocycles. The van der Waals surface area contributed by atoms with Crippen LogP contribution in [0.5, 0.6) is 0 Å². The Morgan fingerprint density at radius 1 is 1.14 bits per heavy atom. The highest BCUT2D eigenvalue weighted by Crippen LogP contribution is 2.36. The van der Waals surface area contributed by atoms with Crippen LogP contribution >= 0.6 is 0 Å². The van der Waals surface area contributed by atoms with E-state index in [0.717, 1.165) is 12.1 Å². The summed E-state index contributed by atoms with van der Waals surface area (Å²) < 4.78 is 40.0. The molecule has 1 fully saturated rings. The highest BCUT2D eigenvalue weighted by atomic mass is 19.4. The first kappa shape index (κ1) is 19.0. The lowest BCUT2D eigenvalue weighted by Crippen LogP contribution is -2.58. The number of alkyl halides is 3. The minimum absolute atomic E-state index is 0.0248. The number of benzene rings is 1. The third-order valence-electron chi connectivity index (χ3n) is 5.00. The number of carbonyl (C=O) groups excluding carboxylic acids is 1. The van der Waals surface area contributed by atoms with Crippen molar-refractivity contribution in [3.8, 4) is 0 Å². The quantitative estimate of drug-likeness (QED) is 0.739. The molecule has 0 radical (unpaired) electrons. The number of halogens is 3. The van der Waals surface area contributed by atoms with Crippen molar-refractivity contribution in [3.63, 3.8) is 0 Å². The summed E-state index contributed by atoms with van der Waals surface area (Å²) in [6, 6.07) is 2.30. The Kier molecular flexibility index (Phi) is 4.73. The van der Waals surface area contributed by atoms with Crippen molar-refractivity contribution in [2.75, 3.05) is 0 Å². The average Bonchev–Trinajstić information content (AvgIpc) is 2.72. The normalized spacial score (nSPS) is 24.0. The first-order chi connectivity index (χ1) is 13.9. The van der Waals surface area contributed by atoms with Gasteiger partial charge in [-0.25, -0.2) is 9.97 Å². The Morgan fingerprint density at radius 2 is 1.90 bits per heavy atom. The van der Waals surface area contributed by atoms with Crippen LogP contribution in [0.3, 0.4) is 0 Å². The van der Waals surface area contributed by atoms with Gasteiger partial charge in [-0.3, -0.25) is 4.79 Å². The Hall–Kier alpha value is -3.36. The van der Waals surface area contributed by atoms with Crippen LogP contribution in [0.4, 0.5) is 13.2 Å². The number of hydrogen-bond donors (Lipinski definition) is 0. The molecule has 2 aromatic rings. The molecule has 1 aromatic carbocycles. The lowest BCUT2D eigenvalue weighted by molar-refractivity contribution is -0.641. The van der Waals surface area contributed by atoms with Crippen LogP contribution in [-0.2, 0) is 17.4 Å². The summed E-state index contributed by atoms with van der Waals surface area (Å²) in [4.78, 5) is 35.8. The summed E-state index contributed by atoms with van der Waals surface area (Å²) in [5.41, 5.74) is -0.195. The Balaban J connectivity index is 1.74. The number of ketones is 1. The van der Waals surface area contributed by atoms with Gasteiger partial charge in [0.15, 0.2) is 0 Å². The van der Waals surface area contributed by atoms with Gasteiger partial charge < -0.3 is 4.90 Å². The molecule has 0 N–H and O–H groups in total. The molecule has 29 heavy (non-hydrogen) atoms. The Morgan fingerprint density at radius 3 is 2.62 bits per heavy atom. The molecule has 9 heteroatoms. The fourth-order valence-corrected chi connectivity index (χ4v) is 3.67. The van der Waals surface area contributed by atoms with Gasteiger partial charge in [-0.1, -0.05) is 24.3 Å². The lowest BCUT2D eigenvalue weighted by atomic mass is 9.90. The number of rotatable bonds is 3. The van der Waals surface area contributed by atoms with Crippen molar-refractivity contribution in [3.05, 3.63) is 89.0 Å². The summed E-state index contributed by atoms with van der Waals surface area (Å²) in [7, 11) is 0. The second-order valence-electron chi connectivity index (χ2n) is 6.84. The average molecular weight is 401 g/mol. The van der Waals surface area contributed by atoms with Crippen LogP contribution in [0.25, 0.3) is 0 Å². The lowest BCUT2D eigenvalue weighted by Gasteiger charge is -2.37. The van der Waals surface area contributed by atoms with Gasteiger partial charge in [0, 0.05) is 33.8 Å². The third-order valence-corrected chi connectivity index (χ3v) is 5.00. The zero-order valence-electron chi connectivity index (χ0n) is 15.0. The molecule has 3 heterocycles. The molecule has 0 bridgehead atoms. The van der Waals surface area contributed by atoms with Crippen LogP contribution in [0.1, 0.15) is 22.7 Å². The van der Waals surface area contributed by atoms with E-state index in [1.165, 1.54) is 18.5 Å². The summed E-state index contributed by atoms with van der Waals surface area (Å²) >= 11 is 0. The first-order valence-corrected chi connectivity index (χ1v) is 8.89. The van der Waals surface area contributed by atoms with Gasteiger partial charge >= 0.3 is 6.18 Å². The molecular formula is C20H16F3N4O2+. The summed E-state index contributed by atoms with van der Waals surface area (Å²) in [5, 5.41) is 0. The molecular weight excluding hydrogens is 385 g/mol. The van der Waals surface area contributed by atoms with E-state index in [2.05, 4.69) is 9.97 Å². The Labute approximate surface area is 164 Å². The van der Waals surface area contributed by atoms with Crippen molar-refractivity contribution in [1.29, 1.82) is 0 Å². The van der Waals surface area contributed by atoms with E-state index in [9.17, 15) is 22.9 Å². The molecule has 2 aliphatic heterocycles. The molecule has 1 saturated heterocycles. The molecule has 3 unspecified atom stereocenters. The first-order valence-electron chi connectivity index (χ1n) is 8.89. The number of hydrogen-bond acceptors (Lipinski definition) is 5. The van der Waals surface area contributed by atoms with Gasteiger partial charge in [0.25, 0.3) is 12.2 Å². The van der Waals surface area contributed by atoms with Gasteiger partial charge in [-0.05, 0) is 23.8 Å². The van der Waals surface area contributed by atoms with Crippen molar-refractivity contribution in [2.45, 2.75) is 30.8 Å². The van der Waals surface area contributed by atoms with E-state index in [-0.39, 0.29) is 12.0 Å². The smallest absolute Gasteiger partial charge is 0.304 e. The van der Waals surface area contributed by atoms with Gasteiger partial charge in [0.1, 0.15) is 12.4 Å². The zero-order chi connectivity index (χ0) is 20.6. The van der Waals surface area contributed by atoms with Crippen LogP contribution in [0.15, 0.2) is 67.4 Å². The number of Topliss-reactive ketones (excluding diaryl/α,β-unsaturated/α-hetero) is 1. The predicted molar refractivity (Wildman–Crippen MR) is 96.3 cm³/mol. The molecule has 0 saturated carbocycles. The highest BCUT2D eigenvalue weighted by Gasteiger charge is 2.53. The molecule has 3 atom stereocenters. The van der Waals surface area contributed by atoms with E-state index in [4.69, 9.17) is 0 Å². The van der Waals surface area contributed by atoms with Crippen molar-refractivity contribution in [1.82, 2.24) is 14.9 Å². The maximum atomic E-state index is 13.2. The molecule has 6 nitrogen and oxygen atoms in total. The van der Waals surface area contributed by atoms with Gasteiger partial charge in [-0.2, -0.15) is 13.2 Å². The summed E-state index contributed by atoms with van der Waals surface area (Å²) in [6.07, 6.45) is 6.01. The molecule has 148 valence electrons. The highest BCUT2D eigenvalue weighted by molar-refractivity contribution is 5.91. The number of nitrogens with zero attached hydrogens (tertiary/aromatic N) is 4. The number of carbonyl (C=O) groups is 1. The fraction of sp³-hybridized carbons (Fsp3) is 0.250. The topological polar surface area (TPSA) is 66.2 Å². The van der Waals surface area contributed by atoms with Crippen LogP contribution in [-0.4, -0.2) is 37.6 Å². The fourth-order valence-electron chi connectivity index (χ4n) is 3.67. The van der Waals surface area contributed by atoms with Crippen LogP contribution < -0.4 is 0 Å². The van der Waals surface area contributed by atoms with Crippen LogP contribution in [0, 0.1) is 4.91 Å². The number of nitroso groups, excluding NO2 is 1. The third kappa shape index (κ3) is 3.55. The monoisotopic (exact) mass is 401 g/mol. The van der Waals surface area contributed by atoms with E-state index in [1.807, 2.05) is 0 Å². The van der Waals surface area contributed by atoms with E-state index in [1.54, 1.807) is 41.7 Å². The predicted octanol–water partition coefficient (Wildman–Crippen LogP) is 3.22. The molecule has 2 aliphatic rings. The molecule has 0 aliphatic carbocycles. The maximum absolute atomic E-state index is 13.2. The molecule has 0 amide bonds. The minimum Gasteiger partial charge on any atom is -0.304 e. The largest absolute Gasteiger partial charge is 0.416 e. The van der Waals surface area contributed by atoms with Gasteiger partial charge in [0.05, 0.1) is 12.0 Å². The molecule has 4 rings (SSSR count). The number of aromatic nitrogens is 2.